The van der Waals surface area contributed by atoms with Crippen LogP contribution < -0.4 is 5.32 Å². The van der Waals surface area contributed by atoms with Crippen molar-refractivity contribution in [2.24, 2.45) is 0 Å². The van der Waals surface area contributed by atoms with E-state index >= 15 is 0 Å². The number of anilines is 1. The fourth-order valence-corrected chi connectivity index (χ4v) is 3.03. The molecule has 0 aliphatic heterocycles. The number of nitrogens with zero attached hydrogens (tertiary/aromatic N) is 2. The van der Waals surface area contributed by atoms with Gasteiger partial charge in [0, 0.05) is 23.8 Å². The zero-order chi connectivity index (χ0) is 17.2. The molecule has 2 aromatic rings. The van der Waals surface area contributed by atoms with E-state index in [2.05, 4.69) is 41.3 Å². The van der Waals surface area contributed by atoms with Gasteiger partial charge in [-0.3, -0.25) is 9.89 Å². The maximum absolute atomic E-state index is 12.5. The van der Waals surface area contributed by atoms with Crippen molar-refractivity contribution >= 4 is 23.1 Å². The molecule has 0 aliphatic rings. The normalized spacial score (nSPS) is 13.1. The van der Waals surface area contributed by atoms with E-state index in [-0.39, 0.29) is 17.4 Å². The lowest BCUT2D eigenvalue weighted by molar-refractivity contribution is 0.0761. The molecule has 126 valence electrons. The van der Waals surface area contributed by atoms with Crippen molar-refractivity contribution < 1.29 is 9.53 Å². The summed E-state index contributed by atoms with van der Waals surface area (Å²) in [5.41, 5.74) is 1.64. The Hall–Kier alpha value is -1.73. The standard InChI is InChI=1S/C16H24N4O2S/c1-7-22-10(3)15-17-9(2)13(23-15)14(21)18-12-8-11(19-20-12)16(4,5)6/h8,10H,7H2,1-6H3,(H2,18,19,20,21)/t10-/m0/s1. The number of nitrogens with one attached hydrogen (secondary N) is 2. The van der Waals surface area contributed by atoms with E-state index in [1.165, 1.54) is 11.3 Å². The highest BCUT2D eigenvalue weighted by atomic mass is 32.1. The molecule has 0 aromatic carbocycles. The Morgan fingerprint density at radius 1 is 1.48 bits per heavy atom. The number of rotatable bonds is 5. The van der Waals surface area contributed by atoms with E-state index < -0.39 is 0 Å². The van der Waals surface area contributed by atoms with Gasteiger partial charge in [0.1, 0.15) is 16.0 Å². The van der Waals surface area contributed by atoms with E-state index in [9.17, 15) is 4.79 Å². The van der Waals surface area contributed by atoms with Crippen LogP contribution >= 0.6 is 11.3 Å². The minimum Gasteiger partial charge on any atom is -0.372 e. The zero-order valence-electron chi connectivity index (χ0n) is 14.5. The number of aryl methyl sites for hydroxylation is 1. The van der Waals surface area contributed by atoms with Crippen LogP contribution in [0.3, 0.4) is 0 Å². The van der Waals surface area contributed by atoms with Crippen molar-refractivity contribution in [3.63, 3.8) is 0 Å². The number of aromatic amines is 1. The molecule has 2 heterocycles. The van der Waals surface area contributed by atoms with Crippen molar-refractivity contribution in [3.05, 3.63) is 27.3 Å². The van der Waals surface area contributed by atoms with Gasteiger partial charge < -0.3 is 10.1 Å². The second kappa shape index (κ2) is 6.80. The molecule has 0 aliphatic carbocycles. The van der Waals surface area contributed by atoms with Gasteiger partial charge in [0.15, 0.2) is 5.82 Å². The minimum absolute atomic E-state index is 0.0452. The number of amides is 1. The van der Waals surface area contributed by atoms with Crippen LogP contribution in [-0.2, 0) is 10.2 Å². The van der Waals surface area contributed by atoms with E-state index in [1.54, 1.807) is 0 Å². The summed E-state index contributed by atoms with van der Waals surface area (Å²) in [4.78, 5) is 17.5. The molecule has 0 saturated heterocycles. The van der Waals surface area contributed by atoms with Gasteiger partial charge >= 0.3 is 0 Å². The average Bonchev–Trinajstić information content (AvgIpc) is 3.05. The molecule has 2 rings (SSSR count). The Bertz CT molecular complexity index is 685. The SMILES string of the molecule is CCO[C@@H](C)c1nc(C)c(C(=O)Nc2cc(C(C)(C)C)[nH]n2)s1. The zero-order valence-corrected chi connectivity index (χ0v) is 15.3. The number of carbonyl (C=O) groups is 1. The molecule has 0 unspecified atom stereocenters. The maximum Gasteiger partial charge on any atom is 0.268 e. The van der Waals surface area contributed by atoms with Crippen molar-refractivity contribution in [2.45, 2.75) is 53.1 Å². The Balaban J connectivity index is 2.13. The summed E-state index contributed by atoms with van der Waals surface area (Å²) in [6.07, 6.45) is -0.108. The highest BCUT2D eigenvalue weighted by Crippen LogP contribution is 2.27. The summed E-state index contributed by atoms with van der Waals surface area (Å²) in [5.74, 6) is 0.328. The molecule has 7 heteroatoms. The van der Waals surface area contributed by atoms with Gasteiger partial charge in [-0.1, -0.05) is 20.8 Å². The fourth-order valence-electron chi connectivity index (χ4n) is 2.07. The highest BCUT2D eigenvalue weighted by molar-refractivity contribution is 7.14. The summed E-state index contributed by atoms with van der Waals surface area (Å²) in [5, 5.41) is 10.7. The maximum atomic E-state index is 12.5. The van der Waals surface area contributed by atoms with Crippen LogP contribution in [0.5, 0.6) is 0 Å². The van der Waals surface area contributed by atoms with Crippen LogP contribution in [0.4, 0.5) is 5.82 Å². The van der Waals surface area contributed by atoms with E-state index in [1.807, 2.05) is 26.8 Å². The van der Waals surface area contributed by atoms with Gasteiger partial charge in [0.05, 0.1) is 5.69 Å². The van der Waals surface area contributed by atoms with Crippen LogP contribution in [0.2, 0.25) is 0 Å². The fraction of sp³-hybridized carbons (Fsp3) is 0.562. The summed E-state index contributed by atoms with van der Waals surface area (Å²) in [7, 11) is 0. The third-order valence-corrected chi connectivity index (χ3v) is 4.73. The third-order valence-electron chi connectivity index (χ3n) is 3.41. The smallest absolute Gasteiger partial charge is 0.268 e. The first-order chi connectivity index (χ1) is 10.7. The van der Waals surface area contributed by atoms with Crippen LogP contribution in [-0.4, -0.2) is 27.7 Å². The van der Waals surface area contributed by atoms with Crippen molar-refractivity contribution in [3.8, 4) is 0 Å². The molecule has 0 spiro atoms. The lowest BCUT2D eigenvalue weighted by atomic mass is 9.92. The lowest BCUT2D eigenvalue weighted by Gasteiger charge is -2.14. The number of hydrogen-bond acceptors (Lipinski definition) is 5. The van der Waals surface area contributed by atoms with Crippen LogP contribution in [0, 0.1) is 6.92 Å². The van der Waals surface area contributed by atoms with Gasteiger partial charge in [-0.15, -0.1) is 11.3 Å². The Morgan fingerprint density at radius 2 is 2.17 bits per heavy atom. The average molecular weight is 336 g/mol. The van der Waals surface area contributed by atoms with Crippen LogP contribution in [0.1, 0.15) is 66.8 Å². The number of carbonyl (C=O) groups excluding carboxylic acids is 1. The summed E-state index contributed by atoms with van der Waals surface area (Å²) >= 11 is 1.36. The van der Waals surface area contributed by atoms with Crippen LogP contribution in [0.15, 0.2) is 6.07 Å². The molecule has 0 bridgehead atoms. The van der Waals surface area contributed by atoms with Gasteiger partial charge in [-0.25, -0.2) is 4.98 Å². The monoisotopic (exact) mass is 336 g/mol. The van der Waals surface area contributed by atoms with Crippen molar-refractivity contribution in [2.75, 3.05) is 11.9 Å². The van der Waals surface area contributed by atoms with Gasteiger partial charge in [-0.05, 0) is 20.8 Å². The number of hydrogen-bond donors (Lipinski definition) is 2. The number of thiazole rings is 1. The van der Waals surface area contributed by atoms with E-state index in [0.717, 1.165) is 10.7 Å². The Labute approximate surface area is 140 Å². The molecule has 2 aromatic heterocycles. The molecular weight excluding hydrogens is 312 g/mol. The molecule has 0 fully saturated rings. The lowest BCUT2D eigenvalue weighted by Crippen LogP contribution is -2.12. The first-order valence-corrected chi connectivity index (χ1v) is 8.50. The summed E-state index contributed by atoms with van der Waals surface area (Å²) < 4.78 is 5.53. The highest BCUT2D eigenvalue weighted by Gasteiger charge is 2.21. The molecule has 23 heavy (non-hydrogen) atoms. The first kappa shape index (κ1) is 17.6. The van der Waals surface area contributed by atoms with Gasteiger partial charge in [0.2, 0.25) is 0 Å². The second-order valence-electron chi connectivity index (χ2n) is 6.44. The largest absolute Gasteiger partial charge is 0.372 e. The molecule has 2 N–H and O–H groups in total. The number of H-pyrrole nitrogens is 1. The minimum atomic E-state index is -0.193. The molecule has 6 nitrogen and oxygen atoms in total. The summed E-state index contributed by atoms with van der Waals surface area (Å²) in [6, 6.07) is 1.86. The number of ether oxygens (including phenoxy) is 1. The predicted octanol–water partition coefficient (Wildman–Crippen LogP) is 3.82. The second-order valence-corrected chi connectivity index (χ2v) is 7.47. The van der Waals surface area contributed by atoms with Crippen molar-refractivity contribution in [1.82, 2.24) is 15.2 Å². The number of aromatic nitrogens is 3. The Morgan fingerprint density at radius 3 is 2.74 bits per heavy atom. The first-order valence-electron chi connectivity index (χ1n) is 7.68. The molecular formula is C16H24N4O2S. The molecule has 1 atom stereocenters. The third kappa shape index (κ3) is 4.17. The Kier molecular flexibility index (Phi) is 5.21. The molecule has 1 amide bonds. The molecule has 0 radical (unpaired) electrons. The van der Waals surface area contributed by atoms with Gasteiger partial charge in [0.25, 0.3) is 5.91 Å². The summed E-state index contributed by atoms with van der Waals surface area (Å²) in [6.45, 7) is 12.6. The predicted molar refractivity (Wildman–Crippen MR) is 92.1 cm³/mol. The quantitative estimate of drug-likeness (QED) is 0.870. The van der Waals surface area contributed by atoms with E-state index in [4.69, 9.17) is 4.74 Å². The van der Waals surface area contributed by atoms with Gasteiger partial charge in [-0.2, -0.15) is 5.10 Å². The van der Waals surface area contributed by atoms with Crippen molar-refractivity contribution in [1.29, 1.82) is 0 Å². The van der Waals surface area contributed by atoms with E-state index in [0.29, 0.717) is 23.0 Å². The molecule has 0 saturated carbocycles. The topological polar surface area (TPSA) is 79.9 Å². The van der Waals surface area contributed by atoms with Crippen LogP contribution in [0.25, 0.3) is 0 Å².